The highest BCUT2D eigenvalue weighted by Crippen LogP contribution is 2.05. The molecular formula is C14H24N2O. The van der Waals surface area contributed by atoms with Gasteiger partial charge >= 0.3 is 0 Å². The molecule has 1 aromatic carbocycles. The predicted octanol–water partition coefficient (Wildman–Crippen LogP) is 1.87. The number of benzene rings is 1. The molecule has 0 spiro atoms. The summed E-state index contributed by atoms with van der Waals surface area (Å²) < 4.78 is 5.14. The van der Waals surface area contributed by atoms with Gasteiger partial charge in [0.1, 0.15) is 0 Å². The second-order valence-corrected chi connectivity index (χ2v) is 4.38. The lowest BCUT2D eigenvalue weighted by Gasteiger charge is -2.25. The molecule has 0 saturated heterocycles. The second-order valence-electron chi connectivity index (χ2n) is 4.38. The molecule has 1 unspecified atom stereocenters. The average Bonchev–Trinajstić information content (AvgIpc) is 2.37. The SMILES string of the molecule is CCC(N)CN(CCOC)Cc1ccccc1. The maximum Gasteiger partial charge on any atom is 0.0589 e. The van der Waals surface area contributed by atoms with Crippen LogP contribution >= 0.6 is 0 Å². The van der Waals surface area contributed by atoms with Crippen molar-refractivity contribution in [2.45, 2.75) is 25.9 Å². The summed E-state index contributed by atoms with van der Waals surface area (Å²) in [7, 11) is 1.74. The van der Waals surface area contributed by atoms with Crippen LogP contribution in [0.1, 0.15) is 18.9 Å². The van der Waals surface area contributed by atoms with Crippen molar-refractivity contribution in [3.8, 4) is 0 Å². The van der Waals surface area contributed by atoms with Gasteiger partial charge in [0, 0.05) is 32.8 Å². The van der Waals surface area contributed by atoms with E-state index in [1.54, 1.807) is 7.11 Å². The first kappa shape index (κ1) is 14.2. The summed E-state index contributed by atoms with van der Waals surface area (Å²) in [5.74, 6) is 0. The molecule has 17 heavy (non-hydrogen) atoms. The van der Waals surface area contributed by atoms with Gasteiger partial charge in [0.2, 0.25) is 0 Å². The van der Waals surface area contributed by atoms with Crippen LogP contribution in [-0.2, 0) is 11.3 Å². The van der Waals surface area contributed by atoms with Gasteiger partial charge in [-0.3, -0.25) is 4.90 Å². The molecule has 3 heteroatoms. The maximum absolute atomic E-state index is 6.02. The Hall–Kier alpha value is -0.900. The quantitative estimate of drug-likeness (QED) is 0.749. The van der Waals surface area contributed by atoms with Crippen molar-refractivity contribution in [2.24, 2.45) is 5.73 Å². The van der Waals surface area contributed by atoms with E-state index in [-0.39, 0.29) is 6.04 Å². The van der Waals surface area contributed by atoms with Crippen molar-refractivity contribution in [3.63, 3.8) is 0 Å². The summed E-state index contributed by atoms with van der Waals surface area (Å²) >= 11 is 0. The monoisotopic (exact) mass is 236 g/mol. The molecule has 0 aromatic heterocycles. The number of hydrogen-bond acceptors (Lipinski definition) is 3. The second kappa shape index (κ2) is 8.23. The molecule has 0 heterocycles. The lowest BCUT2D eigenvalue weighted by molar-refractivity contribution is 0.139. The minimum atomic E-state index is 0.246. The van der Waals surface area contributed by atoms with Gasteiger partial charge in [0.05, 0.1) is 6.61 Å². The van der Waals surface area contributed by atoms with Gasteiger partial charge in [0.15, 0.2) is 0 Å². The van der Waals surface area contributed by atoms with E-state index in [9.17, 15) is 0 Å². The topological polar surface area (TPSA) is 38.5 Å². The van der Waals surface area contributed by atoms with Crippen LogP contribution in [-0.4, -0.2) is 37.7 Å². The van der Waals surface area contributed by atoms with Crippen LogP contribution in [0.4, 0.5) is 0 Å². The molecule has 0 aliphatic rings. The number of rotatable bonds is 8. The Morgan fingerprint density at radius 1 is 1.29 bits per heavy atom. The Labute approximate surface area is 105 Å². The molecule has 0 amide bonds. The van der Waals surface area contributed by atoms with Gasteiger partial charge in [-0.15, -0.1) is 0 Å². The average molecular weight is 236 g/mol. The lowest BCUT2D eigenvalue weighted by atomic mass is 10.2. The van der Waals surface area contributed by atoms with Gasteiger partial charge in [-0.25, -0.2) is 0 Å². The zero-order valence-corrected chi connectivity index (χ0v) is 10.9. The molecule has 0 radical (unpaired) electrons. The van der Waals surface area contributed by atoms with E-state index in [0.29, 0.717) is 0 Å². The lowest BCUT2D eigenvalue weighted by Crippen LogP contribution is -2.38. The number of ether oxygens (including phenoxy) is 1. The molecular weight excluding hydrogens is 212 g/mol. The van der Waals surface area contributed by atoms with Gasteiger partial charge in [0.25, 0.3) is 0 Å². The summed E-state index contributed by atoms with van der Waals surface area (Å²) in [5, 5.41) is 0. The highest BCUT2D eigenvalue weighted by molar-refractivity contribution is 5.14. The summed E-state index contributed by atoms with van der Waals surface area (Å²) in [6.07, 6.45) is 1.01. The first-order valence-electron chi connectivity index (χ1n) is 6.27. The third kappa shape index (κ3) is 5.82. The van der Waals surface area contributed by atoms with E-state index in [2.05, 4.69) is 36.1 Å². The summed E-state index contributed by atoms with van der Waals surface area (Å²) in [6.45, 7) is 5.68. The van der Waals surface area contributed by atoms with Crippen LogP contribution < -0.4 is 5.73 Å². The molecule has 0 saturated carbocycles. The van der Waals surface area contributed by atoms with E-state index in [1.807, 2.05) is 6.07 Å². The largest absolute Gasteiger partial charge is 0.383 e. The molecule has 1 atom stereocenters. The summed E-state index contributed by atoms with van der Waals surface area (Å²) in [6, 6.07) is 10.7. The zero-order chi connectivity index (χ0) is 12.5. The Kier molecular flexibility index (Phi) is 6.86. The molecule has 2 N–H and O–H groups in total. The van der Waals surface area contributed by atoms with Crippen LogP contribution in [0.15, 0.2) is 30.3 Å². The fourth-order valence-electron chi connectivity index (χ4n) is 1.76. The Morgan fingerprint density at radius 2 is 2.00 bits per heavy atom. The molecule has 1 aromatic rings. The van der Waals surface area contributed by atoms with Gasteiger partial charge < -0.3 is 10.5 Å². The molecule has 0 bridgehead atoms. The molecule has 0 aliphatic heterocycles. The van der Waals surface area contributed by atoms with Crippen LogP contribution in [0.2, 0.25) is 0 Å². The maximum atomic E-state index is 6.02. The van der Waals surface area contributed by atoms with Crippen molar-refractivity contribution in [2.75, 3.05) is 26.8 Å². The van der Waals surface area contributed by atoms with Crippen LogP contribution in [0.3, 0.4) is 0 Å². The molecule has 3 nitrogen and oxygen atoms in total. The van der Waals surface area contributed by atoms with E-state index >= 15 is 0 Å². The number of hydrogen-bond donors (Lipinski definition) is 1. The van der Waals surface area contributed by atoms with Crippen molar-refractivity contribution < 1.29 is 4.74 Å². The van der Waals surface area contributed by atoms with E-state index < -0.39 is 0 Å². The minimum absolute atomic E-state index is 0.246. The fourth-order valence-corrected chi connectivity index (χ4v) is 1.76. The Morgan fingerprint density at radius 3 is 2.59 bits per heavy atom. The summed E-state index contributed by atoms with van der Waals surface area (Å²) in [5.41, 5.74) is 7.34. The molecule has 0 aliphatic carbocycles. The van der Waals surface area contributed by atoms with Crippen LogP contribution in [0.5, 0.6) is 0 Å². The van der Waals surface area contributed by atoms with Crippen molar-refractivity contribution in [1.82, 2.24) is 4.90 Å². The summed E-state index contributed by atoms with van der Waals surface area (Å²) in [4.78, 5) is 2.35. The van der Waals surface area contributed by atoms with Gasteiger partial charge in [-0.05, 0) is 12.0 Å². The number of nitrogens with zero attached hydrogens (tertiary/aromatic N) is 1. The van der Waals surface area contributed by atoms with Gasteiger partial charge in [-0.1, -0.05) is 37.3 Å². The first-order valence-corrected chi connectivity index (χ1v) is 6.27. The van der Waals surface area contributed by atoms with E-state index in [0.717, 1.165) is 32.7 Å². The normalized spacial score (nSPS) is 12.9. The zero-order valence-electron chi connectivity index (χ0n) is 10.9. The molecule has 96 valence electrons. The highest BCUT2D eigenvalue weighted by Gasteiger charge is 2.09. The molecule has 1 rings (SSSR count). The van der Waals surface area contributed by atoms with Crippen molar-refractivity contribution >= 4 is 0 Å². The van der Waals surface area contributed by atoms with Crippen molar-refractivity contribution in [3.05, 3.63) is 35.9 Å². The highest BCUT2D eigenvalue weighted by atomic mass is 16.5. The minimum Gasteiger partial charge on any atom is -0.383 e. The first-order chi connectivity index (χ1) is 8.26. The van der Waals surface area contributed by atoms with Crippen LogP contribution in [0, 0.1) is 0 Å². The van der Waals surface area contributed by atoms with E-state index in [4.69, 9.17) is 10.5 Å². The van der Waals surface area contributed by atoms with Crippen LogP contribution in [0.25, 0.3) is 0 Å². The predicted molar refractivity (Wildman–Crippen MR) is 71.9 cm³/mol. The third-order valence-electron chi connectivity index (χ3n) is 2.88. The number of methoxy groups -OCH3 is 1. The number of nitrogens with two attached hydrogens (primary N) is 1. The fraction of sp³-hybridized carbons (Fsp3) is 0.571. The van der Waals surface area contributed by atoms with Gasteiger partial charge in [-0.2, -0.15) is 0 Å². The smallest absolute Gasteiger partial charge is 0.0589 e. The van der Waals surface area contributed by atoms with Crippen molar-refractivity contribution in [1.29, 1.82) is 0 Å². The Balaban J connectivity index is 2.50. The third-order valence-corrected chi connectivity index (χ3v) is 2.88. The molecule has 0 fully saturated rings. The standard InChI is InChI=1S/C14H24N2O/c1-3-14(15)12-16(9-10-17-2)11-13-7-5-4-6-8-13/h4-8,14H,3,9-12,15H2,1-2H3. The Bertz CT molecular complexity index is 290. The van der Waals surface area contributed by atoms with E-state index in [1.165, 1.54) is 5.56 Å².